The van der Waals surface area contributed by atoms with Crippen molar-refractivity contribution < 1.29 is 14.3 Å². The van der Waals surface area contributed by atoms with E-state index in [1.54, 1.807) is 0 Å². The first-order valence-electron chi connectivity index (χ1n) is 5.60. The number of ether oxygens (including phenoxy) is 2. The van der Waals surface area contributed by atoms with E-state index in [0.29, 0.717) is 32.3 Å². The Kier molecular flexibility index (Phi) is 2.29. The van der Waals surface area contributed by atoms with E-state index in [1.807, 2.05) is 4.90 Å². The normalized spacial score (nSPS) is 35.1. The highest BCUT2D eigenvalue weighted by molar-refractivity contribution is 5.75. The van der Waals surface area contributed by atoms with Crippen LogP contribution in [0.3, 0.4) is 0 Å². The maximum absolute atomic E-state index is 11.8. The summed E-state index contributed by atoms with van der Waals surface area (Å²) in [7, 11) is 0. The molecule has 2 aliphatic heterocycles. The number of nitrogens with zero attached hydrogens (tertiary/aromatic N) is 1. The zero-order valence-corrected chi connectivity index (χ0v) is 8.65. The number of nitrogens with one attached hydrogen (secondary N) is 1. The van der Waals surface area contributed by atoms with Gasteiger partial charge >= 0.3 is 6.03 Å². The number of amides is 2. The predicted octanol–water partition coefficient (Wildman–Crippen LogP) is -0.0420. The summed E-state index contributed by atoms with van der Waals surface area (Å²) in [6, 6.07) is 0.495. The average Bonchev–Trinajstić information content (AvgIpc) is 3.01. The molecule has 2 amide bonds. The Morgan fingerprint density at radius 3 is 2.47 bits per heavy atom. The van der Waals surface area contributed by atoms with E-state index in [1.165, 1.54) is 0 Å². The van der Waals surface area contributed by atoms with Gasteiger partial charge in [0.25, 0.3) is 0 Å². The molecule has 2 heterocycles. The third-order valence-electron chi connectivity index (χ3n) is 3.03. The van der Waals surface area contributed by atoms with Crippen LogP contribution in [0.2, 0.25) is 0 Å². The van der Waals surface area contributed by atoms with Crippen molar-refractivity contribution in [2.45, 2.75) is 31.1 Å². The van der Waals surface area contributed by atoms with Gasteiger partial charge in [-0.25, -0.2) is 4.79 Å². The molecule has 84 valence electrons. The number of carbonyl (C=O) groups is 1. The van der Waals surface area contributed by atoms with Crippen LogP contribution in [0, 0.1) is 0 Å². The lowest BCUT2D eigenvalue weighted by molar-refractivity contribution is -0.171. The van der Waals surface area contributed by atoms with Crippen molar-refractivity contribution in [2.75, 3.05) is 26.3 Å². The molecular weight excluding hydrogens is 196 g/mol. The number of carbonyl (C=O) groups excluding carboxylic acids is 1. The van der Waals surface area contributed by atoms with Gasteiger partial charge in [0.1, 0.15) is 0 Å². The van der Waals surface area contributed by atoms with Crippen LogP contribution in [0.25, 0.3) is 0 Å². The molecule has 3 fully saturated rings. The summed E-state index contributed by atoms with van der Waals surface area (Å²) in [5.41, 5.74) is 0. The van der Waals surface area contributed by atoms with Crippen LogP contribution >= 0.6 is 0 Å². The molecule has 0 radical (unpaired) electrons. The summed E-state index contributed by atoms with van der Waals surface area (Å²) in [5, 5.41) is 3.00. The van der Waals surface area contributed by atoms with Crippen LogP contribution < -0.4 is 5.32 Å². The molecule has 3 rings (SSSR count). The van der Waals surface area contributed by atoms with Gasteiger partial charge in [-0.05, 0) is 12.8 Å². The largest absolute Gasteiger partial charge is 0.376 e. The number of urea groups is 1. The summed E-state index contributed by atoms with van der Waals surface area (Å²) in [6.07, 6.45) is 2.41. The molecule has 15 heavy (non-hydrogen) atoms. The third-order valence-corrected chi connectivity index (χ3v) is 3.03. The van der Waals surface area contributed by atoms with Gasteiger partial charge in [0.2, 0.25) is 0 Å². The van der Waals surface area contributed by atoms with E-state index in [4.69, 9.17) is 9.47 Å². The van der Waals surface area contributed by atoms with Gasteiger partial charge in [0.15, 0.2) is 0 Å². The highest BCUT2D eigenvalue weighted by Gasteiger charge is 2.35. The van der Waals surface area contributed by atoms with Crippen LogP contribution in [0.15, 0.2) is 0 Å². The van der Waals surface area contributed by atoms with Crippen molar-refractivity contribution >= 4 is 6.03 Å². The second-order valence-electron chi connectivity index (χ2n) is 4.55. The first-order chi connectivity index (χ1) is 7.31. The van der Waals surface area contributed by atoms with Gasteiger partial charge in [-0.1, -0.05) is 0 Å². The van der Waals surface area contributed by atoms with E-state index < -0.39 is 0 Å². The average molecular weight is 212 g/mol. The lowest BCUT2D eigenvalue weighted by Crippen LogP contribution is -2.57. The van der Waals surface area contributed by atoms with E-state index in [9.17, 15) is 4.79 Å². The molecule has 2 bridgehead atoms. The standard InChI is InChI=1S/C10H16N2O3/c13-10(11-7-1-2-7)12-3-8-5-14-6-9(4-12)15-8/h7-9H,1-6H2,(H,11,13). The summed E-state index contributed by atoms with van der Waals surface area (Å²) in [6.45, 7) is 2.55. The lowest BCUT2D eigenvalue weighted by Gasteiger charge is -2.41. The van der Waals surface area contributed by atoms with Crippen LogP contribution in [0.5, 0.6) is 0 Å². The van der Waals surface area contributed by atoms with Crippen molar-refractivity contribution in [3.05, 3.63) is 0 Å². The Balaban J connectivity index is 1.58. The minimum atomic E-state index is 0.0673. The van der Waals surface area contributed by atoms with Gasteiger partial charge < -0.3 is 19.7 Å². The Morgan fingerprint density at radius 1 is 1.20 bits per heavy atom. The Morgan fingerprint density at radius 2 is 1.87 bits per heavy atom. The minimum Gasteiger partial charge on any atom is -0.376 e. The molecule has 2 atom stereocenters. The summed E-state index contributed by atoms with van der Waals surface area (Å²) in [4.78, 5) is 13.7. The Bertz CT molecular complexity index is 255. The molecule has 2 saturated heterocycles. The van der Waals surface area contributed by atoms with Gasteiger partial charge in [-0.2, -0.15) is 0 Å². The van der Waals surface area contributed by atoms with E-state index in [-0.39, 0.29) is 18.2 Å². The first kappa shape index (κ1) is 9.42. The van der Waals surface area contributed by atoms with E-state index in [0.717, 1.165) is 12.8 Å². The summed E-state index contributed by atoms with van der Waals surface area (Å²) in [5.74, 6) is 0. The van der Waals surface area contributed by atoms with E-state index >= 15 is 0 Å². The minimum absolute atomic E-state index is 0.0673. The van der Waals surface area contributed by atoms with Crippen molar-refractivity contribution in [1.29, 1.82) is 0 Å². The number of hydrogen-bond acceptors (Lipinski definition) is 3. The summed E-state index contributed by atoms with van der Waals surface area (Å²) >= 11 is 0. The molecule has 1 aliphatic carbocycles. The second kappa shape index (κ2) is 3.64. The smallest absolute Gasteiger partial charge is 0.317 e. The monoisotopic (exact) mass is 212 g/mol. The van der Waals surface area contributed by atoms with Crippen LogP contribution in [-0.4, -0.2) is 55.5 Å². The Labute approximate surface area is 88.7 Å². The maximum Gasteiger partial charge on any atom is 0.317 e. The predicted molar refractivity (Wildman–Crippen MR) is 52.6 cm³/mol. The van der Waals surface area contributed by atoms with Crippen LogP contribution in [0.1, 0.15) is 12.8 Å². The Hall–Kier alpha value is -0.810. The molecule has 5 nitrogen and oxygen atoms in total. The molecule has 0 spiro atoms. The molecule has 0 aromatic heterocycles. The van der Waals surface area contributed by atoms with Gasteiger partial charge in [0, 0.05) is 6.04 Å². The molecule has 5 heteroatoms. The molecular formula is C10H16N2O3. The molecule has 3 aliphatic rings. The summed E-state index contributed by atoms with van der Waals surface area (Å²) < 4.78 is 11.1. The molecule has 1 saturated carbocycles. The second-order valence-corrected chi connectivity index (χ2v) is 4.55. The van der Waals surface area contributed by atoms with Crippen molar-refractivity contribution in [1.82, 2.24) is 10.2 Å². The maximum atomic E-state index is 11.8. The third kappa shape index (κ3) is 2.08. The van der Waals surface area contributed by atoms with Gasteiger partial charge in [-0.3, -0.25) is 0 Å². The van der Waals surface area contributed by atoms with Gasteiger partial charge in [-0.15, -0.1) is 0 Å². The zero-order valence-electron chi connectivity index (χ0n) is 8.65. The zero-order chi connectivity index (χ0) is 10.3. The number of morpholine rings is 1. The van der Waals surface area contributed by atoms with E-state index in [2.05, 4.69) is 5.32 Å². The number of rotatable bonds is 1. The first-order valence-corrected chi connectivity index (χ1v) is 5.60. The lowest BCUT2D eigenvalue weighted by atomic mass is 10.2. The SMILES string of the molecule is O=C(NC1CC1)N1CC2COCC(C1)O2. The highest BCUT2D eigenvalue weighted by Crippen LogP contribution is 2.21. The molecule has 2 unspecified atom stereocenters. The van der Waals surface area contributed by atoms with Gasteiger partial charge in [0.05, 0.1) is 38.5 Å². The fraction of sp³-hybridized carbons (Fsp3) is 0.900. The highest BCUT2D eigenvalue weighted by atomic mass is 16.6. The quantitative estimate of drug-likeness (QED) is 0.663. The van der Waals surface area contributed by atoms with Crippen molar-refractivity contribution in [2.24, 2.45) is 0 Å². The van der Waals surface area contributed by atoms with Crippen molar-refractivity contribution in [3.63, 3.8) is 0 Å². The molecule has 0 aromatic rings. The topological polar surface area (TPSA) is 50.8 Å². The fourth-order valence-corrected chi connectivity index (χ4v) is 2.10. The molecule has 0 aromatic carbocycles. The number of fused-ring (bicyclic) bond motifs is 2. The van der Waals surface area contributed by atoms with Crippen LogP contribution in [0.4, 0.5) is 4.79 Å². The molecule has 1 N–H and O–H groups in total. The van der Waals surface area contributed by atoms with Crippen molar-refractivity contribution in [3.8, 4) is 0 Å². The van der Waals surface area contributed by atoms with Crippen LogP contribution in [-0.2, 0) is 9.47 Å². The number of hydrogen-bond donors (Lipinski definition) is 1. The fourth-order valence-electron chi connectivity index (χ4n) is 2.10.